The first-order valence-electron chi connectivity index (χ1n) is 11.5. The number of benzene rings is 2. The summed E-state index contributed by atoms with van der Waals surface area (Å²) in [7, 11) is 0. The molecule has 1 amide bonds. The van der Waals surface area contributed by atoms with Crippen molar-refractivity contribution < 1.29 is 18.0 Å². The number of hydrogen-bond acceptors (Lipinski definition) is 2. The number of amides is 1. The van der Waals surface area contributed by atoms with E-state index in [1.54, 1.807) is 12.1 Å². The number of nitrogens with zero attached hydrogens (tertiary/aromatic N) is 1. The van der Waals surface area contributed by atoms with Gasteiger partial charge in [-0.05, 0) is 40.8 Å². The molecule has 6 heteroatoms. The van der Waals surface area contributed by atoms with Gasteiger partial charge < -0.3 is 0 Å². The molecule has 0 spiro atoms. The fourth-order valence-corrected chi connectivity index (χ4v) is 4.34. The van der Waals surface area contributed by atoms with E-state index in [1.165, 1.54) is 56.6 Å². The van der Waals surface area contributed by atoms with Gasteiger partial charge in [-0.15, -0.1) is 0 Å². The van der Waals surface area contributed by atoms with Gasteiger partial charge in [0.2, 0.25) is 5.91 Å². The lowest BCUT2D eigenvalue weighted by Gasteiger charge is -2.29. The van der Waals surface area contributed by atoms with Crippen LogP contribution in [0.1, 0.15) is 81.9 Å². The Morgan fingerprint density at radius 2 is 1.58 bits per heavy atom. The predicted octanol–water partition coefficient (Wildman–Crippen LogP) is 6.86. The zero-order chi connectivity index (χ0) is 22.3. The lowest BCUT2D eigenvalue weighted by Crippen LogP contribution is -2.43. The summed E-state index contributed by atoms with van der Waals surface area (Å²) in [5.41, 5.74) is 3.72. The van der Waals surface area contributed by atoms with Crippen LogP contribution in [0.3, 0.4) is 0 Å². The van der Waals surface area contributed by atoms with Crippen LogP contribution >= 0.6 is 0 Å². The largest absolute Gasteiger partial charge is 0.409 e. The van der Waals surface area contributed by atoms with E-state index in [9.17, 15) is 18.0 Å². The number of carbonyl (C=O) groups is 1. The third kappa shape index (κ3) is 6.70. The van der Waals surface area contributed by atoms with Crippen molar-refractivity contribution in [3.63, 3.8) is 0 Å². The molecule has 1 aliphatic rings. The Bertz CT molecular complexity index is 865. The third-order valence-electron chi connectivity index (χ3n) is 6.03. The molecule has 1 unspecified atom stereocenters. The molecular formula is C25H33F3N2O. The van der Waals surface area contributed by atoms with Crippen molar-refractivity contribution in [3.8, 4) is 0 Å². The highest BCUT2D eigenvalue weighted by Gasteiger charge is 2.46. The number of halogens is 3. The number of rotatable bonds is 11. The van der Waals surface area contributed by atoms with Crippen LogP contribution < -0.4 is 5.43 Å². The van der Waals surface area contributed by atoms with E-state index >= 15 is 0 Å². The van der Waals surface area contributed by atoms with Crippen LogP contribution in [0.25, 0.3) is 10.8 Å². The minimum atomic E-state index is -4.47. The number of hydrogen-bond donors (Lipinski definition) is 1. The second-order valence-electron chi connectivity index (χ2n) is 8.59. The van der Waals surface area contributed by atoms with Crippen molar-refractivity contribution in [1.29, 1.82) is 0 Å². The molecule has 170 valence electrons. The smallest absolute Gasteiger partial charge is 0.288 e. The van der Waals surface area contributed by atoms with Crippen LogP contribution in [-0.2, 0) is 11.2 Å². The summed E-state index contributed by atoms with van der Waals surface area (Å²) in [5, 5.41) is 2.74. The number of carbonyl (C=O) groups excluding carboxylic acids is 1. The zero-order valence-corrected chi connectivity index (χ0v) is 18.3. The molecule has 1 fully saturated rings. The van der Waals surface area contributed by atoms with E-state index < -0.39 is 12.2 Å². The molecule has 0 saturated carbocycles. The second-order valence-corrected chi connectivity index (χ2v) is 8.59. The van der Waals surface area contributed by atoms with Crippen LogP contribution in [0.5, 0.6) is 0 Å². The summed E-state index contributed by atoms with van der Waals surface area (Å²) in [6.45, 7) is 2.28. The number of alkyl halides is 3. The number of aryl methyl sites for hydroxylation is 1. The Kier molecular flexibility index (Phi) is 8.35. The van der Waals surface area contributed by atoms with Crippen LogP contribution in [0.15, 0.2) is 36.4 Å². The molecule has 0 radical (unpaired) electrons. The maximum Gasteiger partial charge on any atom is 0.409 e. The molecule has 2 aromatic carbocycles. The molecule has 3 rings (SSSR count). The molecule has 0 aliphatic carbocycles. The molecule has 2 aromatic rings. The molecular weight excluding hydrogens is 401 g/mol. The SMILES string of the molecule is CCCCCCCCCCc1ccc2cc(C(N3CCC(=O)N3)C(F)(F)F)ccc2c1. The van der Waals surface area contributed by atoms with E-state index in [0.29, 0.717) is 0 Å². The van der Waals surface area contributed by atoms with Gasteiger partial charge in [-0.25, -0.2) is 5.01 Å². The van der Waals surface area contributed by atoms with Crippen molar-refractivity contribution in [2.24, 2.45) is 0 Å². The van der Waals surface area contributed by atoms with Gasteiger partial charge in [0.05, 0.1) is 0 Å². The average Bonchev–Trinajstić information content (AvgIpc) is 3.14. The second kappa shape index (κ2) is 11.0. The molecule has 1 aliphatic heterocycles. The molecule has 1 heterocycles. The highest BCUT2D eigenvalue weighted by atomic mass is 19.4. The van der Waals surface area contributed by atoms with Gasteiger partial charge in [0.15, 0.2) is 0 Å². The summed E-state index contributed by atoms with van der Waals surface area (Å²) in [4.78, 5) is 11.4. The molecule has 0 aromatic heterocycles. The molecule has 0 bridgehead atoms. The van der Waals surface area contributed by atoms with Gasteiger partial charge in [0, 0.05) is 13.0 Å². The number of hydrazine groups is 1. The van der Waals surface area contributed by atoms with Crippen LogP contribution in [0.4, 0.5) is 13.2 Å². The van der Waals surface area contributed by atoms with Crippen LogP contribution in [-0.4, -0.2) is 23.6 Å². The Balaban J connectivity index is 1.61. The quantitative estimate of drug-likeness (QED) is 0.392. The fraction of sp³-hybridized carbons (Fsp3) is 0.560. The van der Waals surface area contributed by atoms with Gasteiger partial charge in [-0.2, -0.15) is 13.2 Å². The van der Waals surface area contributed by atoms with Crippen LogP contribution in [0, 0.1) is 0 Å². The normalized spacial score (nSPS) is 16.1. The Morgan fingerprint density at radius 1 is 0.935 bits per heavy atom. The summed E-state index contributed by atoms with van der Waals surface area (Å²) >= 11 is 0. The Morgan fingerprint density at radius 3 is 2.23 bits per heavy atom. The van der Waals surface area contributed by atoms with E-state index in [2.05, 4.69) is 18.4 Å². The van der Waals surface area contributed by atoms with Crippen LogP contribution in [0.2, 0.25) is 0 Å². The standard InChI is InChI=1S/C25H33F3N2O/c1-2-3-4-5-6-7-8-9-10-19-11-12-21-18-22(14-13-20(21)17-19)24(25(26,27)28)30-16-15-23(31)29-30/h11-14,17-18,24H,2-10,15-16H2,1H3,(H,29,31). The zero-order valence-electron chi connectivity index (χ0n) is 18.3. The summed E-state index contributed by atoms with van der Waals surface area (Å²) < 4.78 is 41.2. The van der Waals surface area contributed by atoms with E-state index in [-0.39, 0.29) is 24.4 Å². The lowest BCUT2D eigenvalue weighted by atomic mass is 9.98. The van der Waals surface area contributed by atoms with Gasteiger partial charge in [-0.3, -0.25) is 10.2 Å². The average molecular weight is 435 g/mol. The van der Waals surface area contributed by atoms with Gasteiger partial charge in [0.25, 0.3) is 0 Å². The summed E-state index contributed by atoms with van der Waals surface area (Å²) in [6, 6.07) is 9.07. The fourth-order valence-electron chi connectivity index (χ4n) is 4.34. The monoisotopic (exact) mass is 434 g/mol. The minimum Gasteiger partial charge on any atom is -0.288 e. The van der Waals surface area contributed by atoms with Gasteiger partial charge >= 0.3 is 6.18 Å². The lowest BCUT2D eigenvalue weighted by molar-refractivity contribution is -0.191. The predicted molar refractivity (Wildman–Crippen MR) is 119 cm³/mol. The number of fused-ring (bicyclic) bond motifs is 1. The Hall–Kier alpha value is -2.08. The highest BCUT2D eigenvalue weighted by molar-refractivity contribution is 5.84. The first-order chi connectivity index (χ1) is 14.9. The third-order valence-corrected chi connectivity index (χ3v) is 6.03. The van der Waals surface area contributed by atoms with Gasteiger partial charge in [0.1, 0.15) is 6.04 Å². The van der Waals surface area contributed by atoms with E-state index in [4.69, 9.17) is 0 Å². The molecule has 1 saturated heterocycles. The van der Waals surface area contributed by atoms with E-state index in [0.717, 1.165) is 28.6 Å². The van der Waals surface area contributed by atoms with Gasteiger partial charge in [-0.1, -0.05) is 82.2 Å². The van der Waals surface area contributed by atoms with E-state index in [1.807, 2.05) is 12.1 Å². The van der Waals surface area contributed by atoms with Crippen molar-refractivity contribution in [1.82, 2.24) is 10.4 Å². The highest BCUT2D eigenvalue weighted by Crippen LogP contribution is 2.39. The molecule has 1 N–H and O–H groups in total. The van der Waals surface area contributed by atoms with Crippen molar-refractivity contribution in [2.75, 3.05) is 6.54 Å². The van der Waals surface area contributed by atoms with Crippen molar-refractivity contribution in [3.05, 3.63) is 47.5 Å². The maximum atomic E-state index is 13.7. The first kappa shape index (κ1) is 23.6. The minimum absolute atomic E-state index is 0.0542. The van der Waals surface area contributed by atoms with Crippen molar-refractivity contribution in [2.45, 2.75) is 83.4 Å². The Labute approximate surface area is 183 Å². The molecule has 31 heavy (non-hydrogen) atoms. The number of unbranched alkanes of at least 4 members (excludes halogenated alkanes) is 7. The first-order valence-corrected chi connectivity index (χ1v) is 11.5. The number of nitrogens with one attached hydrogen (secondary N) is 1. The maximum absolute atomic E-state index is 13.7. The van der Waals surface area contributed by atoms with Crippen molar-refractivity contribution >= 4 is 16.7 Å². The molecule has 3 nitrogen and oxygen atoms in total. The topological polar surface area (TPSA) is 32.3 Å². The summed E-state index contributed by atoms with van der Waals surface area (Å²) in [6.07, 6.45) is 6.81. The summed E-state index contributed by atoms with van der Waals surface area (Å²) in [5.74, 6) is -0.374. The molecule has 1 atom stereocenters.